The van der Waals surface area contributed by atoms with Gasteiger partial charge >= 0.3 is 0 Å². The van der Waals surface area contributed by atoms with Gasteiger partial charge in [0.25, 0.3) is 0 Å². The normalized spacial score (nSPS) is 10.8. The molecule has 3 aromatic carbocycles. The topological polar surface area (TPSA) is 132 Å². The first-order valence-electron chi connectivity index (χ1n) is 18.9. The lowest BCUT2D eigenvalue weighted by Gasteiger charge is -2.23. The van der Waals surface area contributed by atoms with Crippen LogP contribution >= 0.6 is 0 Å². The van der Waals surface area contributed by atoms with Crippen LogP contribution in [0, 0.1) is 0 Å². The van der Waals surface area contributed by atoms with Crippen LogP contribution in [0.3, 0.4) is 0 Å². The van der Waals surface area contributed by atoms with Crippen molar-refractivity contribution in [3.8, 4) is 0 Å². The zero-order valence-corrected chi connectivity index (χ0v) is 31.1. The monoisotopic (exact) mass is 702 g/mol. The number of anilines is 10. The van der Waals surface area contributed by atoms with Gasteiger partial charge in [-0.05, 0) is 74.2 Å². The van der Waals surface area contributed by atoms with Gasteiger partial charge in [0.2, 0.25) is 35.7 Å². The Bertz CT molecular complexity index is 1610. The van der Waals surface area contributed by atoms with Crippen molar-refractivity contribution in [1.82, 2.24) is 29.9 Å². The van der Waals surface area contributed by atoms with E-state index in [1.54, 1.807) is 0 Å². The number of unbranched alkanes of at least 4 members (excludes halogenated alkanes) is 4. The number of aromatic nitrogens is 6. The first-order chi connectivity index (χ1) is 25.6. The van der Waals surface area contributed by atoms with E-state index in [1.165, 1.54) is 0 Å². The van der Waals surface area contributed by atoms with Crippen LogP contribution in [0.1, 0.15) is 79.1 Å². The van der Waals surface area contributed by atoms with Crippen molar-refractivity contribution in [3.05, 3.63) is 84.9 Å². The van der Waals surface area contributed by atoms with Gasteiger partial charge in [0.1, 0.15) is 0 Å². The summed E-state index contributed by atoms with van der Waals surface area (Å²) < 4.78 is 0. The molecule has 0 bridgehead atoms. The summed E-state index contributed by atoms with van der Waals surface area (Å²) in [6.45, 7) is 12.4. The molecule has 0 aliphatic rings. The van der Waals surface area contributed by atoms with E-state index in [2.05, 4.69) is 58.8 Å². The van der Waals surface area contributed by atoms with Crippen molar-refractivity contribution in [3.63, 3.8) is 0 Å². The van der Waals surface area contributed by atoms with Crippen LogP contribution in [0.5, 0.6) is 0 Å². The molecule has 5 aromatic rings. The minimum absolute atomic E-state index is 0.472. The Labute approximate surface area is 309 Å². The predicted octanol–water partition coefficient (Wildman–Crippen LogP) is 9.84. The molecule has 12 nitrogen and oxygen atoms in total. The summed E-state index contributed by atoms with van der Waals surface area (Å²) >= 11 is 0. The summed E-state index contributed by atoms with van der Waals surface area (Å²) in [5.74, 6) is 3.25. The van der Waals surface area contributed by atoms with Gasteiger partial charge in [-0.2, -0.15) is 29.9 Å². The Morgan fingerprint density at radius 3 is 0.904 bits per heavy atom. The van der Waals surface area contributed by atoms with Crippen molar-refractivity contribution in [1.29, 1.82) is 0 Å². The van der Waals surface area contributed by atoms with Crippen molar-refractivity contribution >= 4 is 58.4 Å². The molecule has 5 rings (SSSR count). The van der Waals surface area contributed by atoms with E-state index in [0.29, 0.717) is 35.7 Å². The third-order valence-electron chi connectivity index (χ3n) is 8.40. The highest BCUT2D eigenvalue weighted by Gasteiger charge is 2.16. The Hall–Kier alpha value is -5.52. The molecule has 2 aromatic heterocycles. The fourth-order valence-electron chi connectivity index (χ4n) is 5.45. The van der Waals surface area contributed by atoms with E-state index >= 15 is 0 Å². The fourth-order valence-corrected chi connectivity index (χ4v) is 5.45. The summed E-state index contributed by atoms with van der Waals surface area (Å²) in [6, 6.07) is 27.9. The third-order valence-corrected chi connectivity index (χ3v) is 8.40. The summed E-state index contributed by atoms with van der Waals surface area (Å²) in [4.78, 5) is 33.4. The molecular weight excluding hydrogens is 649 g/mol. The number of para-hydroxylation sites is 2. The van der Waals surface area contributed by atoms with E-state index in [4.69, 9.17) is 29.9 Å². The largest absolute Gasteiger partial charge is 0.341 e. The average molecular weight is 703 g/mol. The molecule has 0 unspecified atom stereocenters. The summed E-state index contributed by atoms with van der Waals surface area (Å²) in [6.07, 6.45) is 8.66. The molecule has 52 heavy (non-hydrogen) atoms. The van der Waals surface area contributed by atoms with Crippen LogP contribution < -0.4 is 31.1 Å². The van der Waals surface area contributed by atoms with Crippen LogP contribution in [0.25, 0.3) is 0 Å². The van der Waals surface area contributed by atoms with Gasteiger partial charge < -0.3 is 31.1 Å². The Kier molecular flexibility index (Phi) is 14.8. The van der Waals surface area contributed by atoms with Crippen molar-refractivity contribution in [2.45, 2.75) is 79.1 Å². The molecule has 2 heterocycles. The second-order valence-corrected chi connectivity index (χ2v) is 12.8. The van der Waals surface area contributed by atoms with E-state index in [9.17, 15) is 0 Å². The van der Waals surface area contributed by atoms with E-state index in [-0.39, 0.29) is 0 Å². The molecule has 0 fully saturated rings. The van der Waals surface area contributed by atoms with E-state index in [0.717, 1.165) is 100 Å². The summed E-state index contributed by atoms with van der Waals surface area (Å²) in [5.41, 5.74) is 3.51. The molecular formula is C40H54N12. The Balaban J connectivity index is 1.38. The molecule has 12 heteroatoms. The SMILES string of the molecule is CCCCN(CCCC)c1nc(Nc2ccccc2)nc(Nc2ccc(Nc3nc(Nc4ccccc4)nc(N(CCCC)CCCC)n3)cc2)n1. The molecule has 0 saturated carbocycles. The molecule has 0 aliphatic heterocycles. The van der Waals surface area contributed by atoms with Gasteiger partial charge in [0, 0.05) is 48.9 Å². The second kappa shape index (κ2) is 20.4. The minimum atomic E-state index is 0.472. The third kappa shape index (κ3) is 11.8. The maximum atomic E-state index is 4.88. The number of rotatable bonds is 22. The summed E-state index contributed by atoms with van der Waals surface area (Å²) in [7, 11) is 0. The number of hydrogen-bond donors (Lipinski definition) is 4. The van der Waals surface area contributed by atoms with Crippen LogP contribution in [0.4, 0.5) is 58.4 Å². The van der Waals surface area contributed by atoms with E-state index < -0.39 is 0 Å². The lowest BCUT2D eigenvalue weighted by atomic mass is 10.2. The Morgan fingerprint density at radius 1 is 0.365 bits per heavy atom. The molecule has 0 saturated heterocycles. The number of nitrogens with one attached hydrogen (secondary N) is 4. The van der Waals surface area contributed by atoms with Gasteiger partial charge in [-0.15, -0.1) is 0 Å². The fraction of sp³-hybridized carbons (Fsp3) is 0.400. The van der Waals surface area contributed by atoms with Crippen molar-refractivity contribution < 1.29 is 0 Å². The molecule has 0 radical (unpaired) electrons. The lowest BCUT2D eigenvalue weighted by Crippen LogP contribution is -2.28. The van der Waals surface area contributed by atoms with Crippen molar-refractivity contribution in [2.24, 2.45) is 0 Å². The maximum Gasteiger partial charge on any atom is 0.233 e. The van der Waals surface area contributed by atoms with Crippen molar-refractivity contribution in [2.75, 3.05) is 57.2 Å². The van der Waals surface area contributed by atoms with Gasteiger partial charge in [-0.3, -0.25) is 0 Å². The van der Waals surface area contributed by atoms with E-state index in [1.807, 2.05) is 84.9 Å². The number of hydrogen-bond acceptors (Lipinski definition) is 12. The zero-order chi connectivity index (χ0) is 36.4. The zero-order valence-electron chi connectivity index (χ0n) is 31.1. The Morgan fingerprint density at radius 2 is 0.635 bits per heavy atom. The van der Waals surface area contributed by atoms with Gasteiger partial charge in [0.05, 0.1) is 0 Å². The van der Waals surface area contributed by atoms with Crippen LogP contribution in [-0.4, -0.2) is 56.1 Å². The lowest BCUT2D eigenvalue weighted by molar-refractivity contribution is 0.662. The van der Waals surface area contributed by atoms with Gasteiger partial charge in [0.15, 0.2) is 0 Å². The molecule has 0 amide bonds. The summed E-state index contributed by atoms with van der Waals surface area (Å²) in [5, 5.41) is 13.6. The quantitative estimate of drug-likeness (QED) is 0.0547. The molecule has 0 aliphatic carbocycles. The molecule has 0 atom stereocenters. The predicted molar refractivity (Wildman–Crippen MR) is 216 cm³/mol. The maximum absolute atomic E-state index is 4.88. The van der Waals surface area contributed by atoms with Gasteiger partial charge in [-0.25, -0.2) is 0 Å². The van der Waals surface area contributed by atoms with Crippen LogP contribution in [-0.2, 0) is 0 Å². The standard InChI is InChI=1S/C40H54N12/c1-5-9-27-51(28-10-6-2)39-47-35(41-31-19-15-13-16-20-31)45-37(49-39)43-33-23-25-34(26-24-33)44-38-46-36(42-32-21-17-14-18-22-32)48-40(50-38)52(29-11-7-3)30-12-8-4/h13-26H,5-12,27-30H2,1-4H3,(H2,41,43,45,47,49)(H2,42,44,46,48,50). The number of nitrogens with zero attached hydrogens (tertiary/aromatic N) is 8. The smallest absolute Gasteiger partial charge is 0.233 e. The highest BCUT2D eigenvalue weighted by Crippen LogP contribution is 2.25. The molecule has 0 spiro atoms. The van der Waals surface area contributed by atoms with Gasteiger partial charge in [-0.1, -0.05) is 89.8 Å². The minimum Gasteiger partial charge on any atom is -0.341 e. The number of benzene rings is 3. The first kappa shape index (κ1) is 37.7. The van der Waals surface area contributed by atoms with Crippen LogP contribution in [0.15, 0.2) is 84.9 Å². The molecule has 4 N–H and O–H groups in total. The second-order valence-electron chi connectivity index (χ2n) is 12.8. The highest BCUT2D eigenvalue weighted by molar-refractivity contribution is 5.64. The first-order valence-corrected chi connectivity index (χ1v) is 18.9. The average Bonchev–Trinajstić information content (AvgIpc) is 3.16. The molecule has 274 valence electrons. The van der Waals surface area contributed by atoms with Crippen LogP contribution in [0.2, 0.25) is 0 Å². The highest BCUT2D eigenvalue weighted by atomic mass is 15.3.